The van der Waals surface area contributed by atoms with Gasteiger partial charge in [-0.25, -0.2) is 18.2 Å². The van der Waals surface area contributed by atoms with Gasteiger partial charge in [0.25, 0.3) is 0 Å². The van der Waals surface area contributed by atoms with Gasteiger partial charge in [-0.15, -0.1) is 0 Å². The second-order valence-electron chi connectivity index (χ2n) is 7.67. The fraction of sp³-hybridized carbons (Fsp3) is 0.318. The number of carbonyl (C=O) groups excluding carboxylic acids is 2. The minimum absolute atomic E-state index is 0.0200. The number of hydrogen-bond acceptors (Lipinski definition) is 6. The molecule has 0 N–H and O–H groups in total. The van der Waals surface area contributed by atoms with Crippen LogP contribution >= 0.6 is 0 Å². The monoisotopic (exact) mass is 456 g/mol. The third-order valence-electron chi connectivity index (χ3n) is 5.47. The molecule has 1 amide bonds. The minimum Gasteiger partial charge on any atom is -0.456 e. The van der Waals surface area contributed by atoms with Crippen molar-refractivity contribution in [2.24, 2.45) is 0 Å². The number of nitrogens with zero attached hydrogens (tertiary/aromatic N) is 4. The molecule has 0 radical (unpaired) electrons. The first-order valence-corrected chi connectivity index (χ1v) is 11.7. The maximum Gasteiger partial charge on any atom is 0.338 e. The van der Waals surface area contributed by atoms with E-state index in [9.17, 15) is 18.0 Å². The number of rotatable bonds is 5. The van der Waals surface area contributed by atoms with Gasteiger partial charge in [0.2, 0.25) is 15.9 Å². The van der Waals surface area contributed by atoms with E-state index < -0.39 is 16.0 Å². The molecule has 0 aliphatic carbocycles. The summed E-state index contributed by atoms with van der Waals surface area (Å²) >= 11 is 0. The van der Waals surface area contributed by atoms with Crippen LogP contribution in [0.3, 0.4) is 0 Å². The highest BCUT2D eigenvalue weighted by Gasteiger charge is 2.29. The van der Waals surface area contributed by atoms with E-state index in [1.54, 1.807) is 11.1 Å². The number of ether oxygens (including phenoxy) is 1. The van der Waals surface area contributed by atoms with Gasteiger partial charge in [-0.1, -0.05) is 12.1 Å². The molecule has 3 heterocycles. The highest BCUT2D eigenvalue weighted by molar-refractivity contribution is 7.89. The number of amides is 1. The number of fused-ring (bicyclic) bond motifs is 1. The Morgan fingerprint density at radius 2 is 1.84 bits per heavy atom. The molecule has 1 saturated heterocycles. The van der Waals surface area contributed by atoms with Gasteiger partial charge < -0.3 is 14.0 Å². The second kappa shape index (κ2) is 8.71. The number of aryl methyl sites for hydroxylation is 1. The first-order valence-electron chi connectivity index (χ1n) is 10.2. The van der Waals surface area contributed by atoms with Gasteiger partial charge in [0.05, 0.1) is 16.2 Å². The van der Waals surface area contributed by atoms with Crippen molar-refractivity contribution in [2.45, 2.75) is 25.3 Å². The summed E-state index contributed by atoms with van der Waals surface area (Å²) in [6.07, 6.45) is 3.66. The molecule has 10 heteroatoms. The lowest BCUT2D eigenvalue weighted by molar-refractivity contribution is -0.129. The Labute approximate surface area is 186 Å². The molecule has 1 fully saturated rings. The maximum atomic E-state index is 13.0. The molecule has 32 heavy (non-hydrogen) atoms. The van der Waals surface area contributed by atoms with E-state index in [0.29, 0.717) is 18.8 Å². The molecular formula is C22H24N4O5S. The molecule has 1 aliphatic rings. The SMILES string of the molecule is CC(=O)N1CCN(S(=O)(=O)c2cccc(C(=O)OCc3cn4cccc(C)c4n3)c2)CC1. The first-order chi connectivity index (χ1) is 15.3. The molecule has 0 unspecified atom stereocenters. The zero-order chi connectivity index (χ0) is 22.9. The Hall–Kier alpha value is -3.24. The highest BCUT2D eigenvalue weighted by Crippen LogP contribution is 2.20. The van der Waals surface area contributed by atoms with Crippen molar-refractivity contribution < 1.29 is 22.7 Å². The summed E-state index contributed by atoms with van der Waals surface area (Å²) in [6, 6.07) is 9.67. The molecule has 4 rings (SSSR count). The van der Waals surface area contributed by atoms with Crippen LogP contribution in [0.4, 0.5) is 0 Å². The van der Waals surface area contributed by atoms with Crippen molar-refractivity contribution in [1.29, 1.82) is 0 Å². The predicted molar refractivity (Wildman–Crippen MR) is 117 cm³/mol. The lowest BCUT2D eigenvalue weighted by atomic mass is 10.2. The largest absolute Gasteiger partial charge is 0.456 e. The van der Waals surface area contributed by atoms with Crippen LogP contribution in [0, 0.1) is 6.92 Å². The fourth-order valence-electron chi connectivity index (χ4n) is 3.67. The van der Waals surface area contributed by atoms with Crippen LogP contribution in [0.1, 0.15) is 28.5 Å². The minimum atomic E-state index is -3.78. The number of sulfonamides is 1. The Bertz CT molecular complexity index is 1280. The summed E-state index contributed by atoms with van der Waals surface area (Å²) < 4.78 is 34.6. The van der Waals surface area contributed by atoms with E-state index in [-0.39, 0.29) is 36.1 Å². The van der Waals surface area contributed by atoms with Crippen molar-refractivity contribution in [3.63, 3.8) is 0 Å². The first kappa shape index (κ1) is 22.0. The van der Waals surface area contributed by atoms with Crippen molar-refractivity contribution in [1.82, 2.24) is 18.6 Å². The smallest absolute Gasteiger partial charge is 0.338 e. The number of pyridine rings is 1. The van der Waals surface area contributed by atoms with Gasteiger partial charge in [-0.05, 0) is 36.8 Å². The third-order valence-corrected chi connectivity index (χ3v) is 7.37. The maximum absolute atomic E-state index is 13.0. The molecule has 3 aromatic rings. The van der Waals surface area contributed by atoms with Crippen LogP contribution in [-0.2, 0) is 26.2 Å². The average molecular weight is 457 g/mol. The number of hydrogen-bond donors (Lipinski definition) is 0. The van der Waals surface area contributed by atoms with Crippen molar-refractivity contribution in [3.8, 4) is 0 Å². The number of piperazine rings is 1. The van der Waals surface area contributed by atoms with E-state index in [4.69, 9.17) is 4.74 Å². The summed E-state index contributed by atoms with van der Waals surface area (Å²) in [5, 5.41) is 0. The molecule has 1 aliphatic heterocycles. The van der Waals surface area contributed by atoms with E-state index in [2.05, 4.69) is 4.98 Å². The van der Waals surface area contributed by atoms with E-state index in [1.807, 2.05) is 29.7 Å². The third kappa shape index (κ3) is 4.37. The summed E-state index contributed by atoms with van der Waals surface area (Å²) in [5.41, 5.74) is 2.54. The Balaban J connectivity index is 1.45. The molecule has 0 bridgehead atoms. The summed E-state index contributed by atoms with van der Waals surface area (Å²) in [7, 11) is -3.78. The molecule has 9 nitrogen and oxygen atoms in total. The molecule has 0 saturated carbocycles. The molecule has 168 valence electrons. The quantitative estimate of drug-likeness (QED) is 0.543. The number of esters is 1. The zero-order valence-corrected chi connectivity index (χ0v) is 18.7. The Kier molecular flexibility index (Phi) is 5.98. The van der Waals surface area contributed by atoms with Gasteiger partial charge in [0.1, 0.15) is 12.3 Å². The molecular weight excluding hydrogens is 432 g/mol. The van der Waals surface area contributed by atoms with Crippen molar-refractivity contribution in [3.05, 3.63) is 65.6 Å². The summed E-state index contributed by atoms with van der Waals surface area (Å²) in [5.74, 6) is -0.704. The van der Waals surface area contributed by atoms with Crippen molar-refractivity contribution in [2.75, 3.05) is 26.2 Å². The second-order valence-corrected chi connectivity index (χ2v) is 9.61. The van der Waals surface area contributed by atoms with Crippen LogP contribution in [0.15, 0.2) is 53.7 Å². The van der Waals surface area contributed by atoms with Crippen LogP contribution in [0.5, 0.6) is 0 Å². The highest BCUT2D eigenvalue weighted by atomic mass is 32.2. The number of benzene rings is 1. The number of carbonyl (C=O) groups is 2. The standard InChI is InChI=1S/C22H24N4O5S/c1-16-5-4-8-25-14-19(23-21(16)25)15-31-22(28)18-6-3-7-20(13-18)32(29,30)26-11-9-24(10-12-26)17(2)27/h3-8,13-14H,9-12,15H2,1-2H3. The Morgan fingerprint density at radius 3 is 2.53 bits per heavy atom. The molecule has 2 aromatic heterocycles. The Morgan fingerprint density at radius 1 is 1.09 bits per heavy atom. The van der Waals surface area contributed by atoms with Gasteiger partial charge in [-0.3, -0.25) is 4.79 Å². The van der Waals surface area contributed by atoms with Crippen LogP contribution < -0.4 is 0 Å². The lowest BCUT2D eigenvalue weighted by Gasteiger charge is -2.33. The predicted octanol–water partition coefficient (Wildman–Crippen LogP) is 1.85. The number of aromatic nitrogens is 2. The fourth-order valence-corrected chi connectivity index (χ4v) is 5.14. The van der Waals surface area contributed by atoms with Crippen LogP contribution in [0.2, 0.25) is 0 Å². The normalized spacial score (nSPS) is 15.1. The topological polar surface area (TPSA) is 101 Å². The average Bonchev–Trinajstić information content (AvgIpc) is 3.22. The van der Waals surface area contributed by atoms with Gasteiger partial charge in [-0.2, -0.15) is 4.31 Å². The molecule has 0 atom stereocenters. The summed E-state index contributed by atoms with van der Waals surface area (Å²) in [4.78, 5) is 30.1. The number of imidazole rings is 1. The van der Waals surface area contributed by atoms with Crippen LogP contribution in [-0.4, -0.2) is 65.1 Å². The zero-order valence-electron chi connectivity index (χ0n) is 17.9. The van der Waals surface area contributed by atoms with Gasteiger partial charge in [0.15, 0.2) is 0 Å². The van der Waals surface area contributed by atoms with Gasteiger partial charge in [0, 0.05) is 45.5 Å². The van der Waals surface area contributed by atoms with Crippen LogP contribution in [0.25, 0.3) is 5.65 Å². The van der Waals surface area contributed by atoms with Gasteiger partial charge >= 0.3 is 5.97 Å². The summed E-state index contributed by atoms with van der Waals surface area (Å²) in [6.45, 7) is 4.50. The van der Waals surface area contributed by atoms with Crippen molar-refractivity contribution >= 4 is 27.5 Å². The molecule has 0 spiro atoms. The lowest BCUT2D eigenvalue weighted by Crippen LogP contribution is -2.49. The molecule has 1 aromatic carbocycles. The van der Waals surface area contributed by atoms with E-state index in [1.165, 1.54) is 35.5 Å². The van der Waals surface area contributed by atoms with E-state index in [0.717, 1.165) is 11.2 Å². The van der Waals surface area contributed by atoms with E-state index >= 15 is 0 Å².